The number of carbonyl (C=O) groups is 2. The minimum atomic E-state index is -1.27. The van der Waals surface area contributed by atoms with Crippen molar-refractivity contribution in [2.24, 2.45) is 11.7 Å². The summed E-state index contributed by atoms with van der Waals surface area (Å²) >= 11 is 0. The van der Waals surface area contributed by atoms with Crippen LogP contribution in [0.25, 0.3) is 0 Å². The molecule has 0 aromatic carbocycles. The maximum absolute atomic E-state index is 10.6. The molecule has 7 nitrogen and oxygen atoms in total. The number of hydrogen-bond donors (Lipinski definition) is 5. The fourth-order valence-corrected chi connectivity index (χ4v) is 0.567. The van der Waals surface area contributed by atoms with Crippen molar-refractivity contribution in [3.8, 4) is 0 Å². The van der Waals surface area contributed by atoms with Gasteiger partial charge in [0.1, 0.15) is 6.10 Å². The number of hydrogen-bond acceptors (Lipinski definition) is 5. The lowest BCUT2D eigenvalue weighted by atomic mass is 10.2. The SMILES string of the molecule is NNC(=O)CC[C@H](O)C(=O)NN. The van der Waals surface area contributed by atoms with Crippen LogP contribution < -0.4 is 22.5 Å². The van der Waals surface area contributed by atoms with Gasteiger partial charge in [-0.05, 0) is 6.42 Å². The van der Waals surface area contributed by atoms with Crippen molar-refractivity contribution in [2.45, 2.75) is 18.9 Å². The normalized spacial score (nSPS) is 11.9. The molecule has 0 bridgehead atoms. The highest BCUT2D eigenvalue weighted by Gasteiger charge is 2.14. The van der Waals surface area contributed by atoms with E-state index in [1.54, 1.807) is 5.43 Å². The molecule has 0 aromatic heterocycles. The third-order valence-electron chi connectivity index (χ3n) is 1.25. The Hall–Kier alpha value is -1.18. The molecule has 12 heavy (non-hydrogen) atoms. The lowest BCUT2D eigenvalue weighted by molar-refractivity contribution is -0.130. The summed E-state index contributed by atoms with van der Waals surface area (Å²) < 4.78 is 0. The van der Waals surface area contributed by atoms with Crippen LogP contribution in [-0.2, 0) is 9.59 Å². The van der Waals surface area contributed by atoms with Gasteiger partial charge in [-0.15, -0.1) is 0 Å². The fourth-order valence-electron chi connectivity index (χ4n) is 0.567. The number of hydrazine groups is 2. The van der Waals surface area contributed by atoms with E-state index in [1.165, 1.54) is 0 Å². The summed E-state index contributed by atoms with van der Waals surface area (Å²) in [6.45, 7) is 0. The zero-order valence-electron chi connectivity index (χ0n) is 6.41. The van der Waals surface area contributed by atoms with E-state index >= 15 is 0 Å². The van der Waals surface area contributed by atoms with Gasteiger partial charge in [-0.2, -0.15) is 0 Å². The van der Waals surface area contributed by atoms with E-state index in [0.29, 0.717) is 0 Å². The molecule has 0 unspecified atom stereocenters. The molecule has 0 rings (SSSR count). The topological polar surface area (TPSA) is 130 Å². The van der Waals surface area contributed by atoms with Crippen LogP contribution in [-0.4, -0.2) is 23.0 Å². The first-order chi connectivity index (χ1) is 5.61. The molecule has 0 saturated heterocycles. The Labute approximate surface area is 69.0 Å². The average Bonchev–Trinajstić information content (AvgIpc) is 2.11. The molecule has 0 heterocycles. The molecule has 1 atom stereocenters. The number of aliphatic hydroxyl groups is 1. The van der Waals surface area contributed by atoms with Crippen LogP contribution in [0, 0.1) is 0 Å². The number of aliphatic hydroxyl groups excluding tert-OH is 1. The van der Waals surface area contributed by atoms with Gasteiger partial charge >= 0.3 is 0 Å². The monoisotopic (exact) mass is 176 g/mol. The van der Waals surface area contributed by atoms with Crippen molar-refractivity contribution in [1.29, 1.82) is 0 Å². The number of rotatable bonds is 4. The van der Waals surface area contributed by atoms with Gasteiger partial charge in [0.25, 0.3) is 5.91 Å². The van der Waals surface area contributed by atoms with Crippen molar-refractivity contribution in [2.75, 3.05) is 0 Å². The fraction of sp³-hybridized carbons (Fsp3) is 0.600. The Morgan fingerprint density at radius 1 is 1.33 bits per heavy atom. The lowest BCUT2D eigenvalue weighted by Crippen LogP contribution is -2.40. The predicted octanol–water partition coefficient (Wildman–Crippen LogP) is -2.89. The third-order valence-corrected chi connectivity index (χ3v) is 1.25. The Morgan fingerprint density at radius 3 is 2.33 bits per heavy atom. The van der Waals surface area contributed by atoms with Crippen LogP contribution >= 0.6 is 0 Å². The molecule has 0 fully saturated rings. The first kappa shape index (κ1) is 10.8. The van der Waals surface area contributed by atoms with Crippen molar-refractivity contribution >= 4 is 11.8 Å². The van der Waals surface area contributed by atoms with Crippen LogP contribution in [0.2, 0.25) is 0 Å². The summed E-state index contributed by atoms with van der Waals surface area (Å²) in [5.41, 5.74) is 3.62. The van der Waals surface area contributed by atoms with E-state index < -0.39 is 17.9 Å². The average molecular weight is 176 g/mol. The second-order valence-electron chi connectivity index (χ2n) is 2.13. The van der Waals surface area contributed by atoms with E-state index in [2.05, 4.69) is 0 Å². The van der Waals surface area contributed by atoms with Crippen LogP contribution in [0.15, 0.2) is 0 Å². The standard InChI is InChI=1S/C5H12N4O3/c6-8-4(11)2-1-3(10)5(12)9-7/h3,10H,1-2,6-7H2,(H,8,11)(H,9,12)/t3-/m0/s1. The van der Waals surface area contributed by atoms with E-state index in [-0.39, 0.29) is 12.8 Å². The van der Waals surface area contributed by atoms with Gasteiger partial charge in [-0.25, -0.2) is 11.7 Å². The summed E-state index contributed by atoms with van der Waals surface area (Å²) in [5, 5.41) is 8.95. The first-order valence-corrected chi connectivity index (χ1v) is 3.29. The van der Waals surface area contributed by atoms with Gasteiger partial charge in [0.2, 0.25) is 5.91 Å². The van der Waals surface area contributed by atoms with E-state index in [1.807, 2.05) is 5.43 Å². The summed E-state index contributed by atoms with van der Waals surface area (Å²) in [4.78, 5) is 21.1. The largest absolute Gasteiger partial charge is 0.383 e. The lowest BCUT2D eigenvalue weighted by Gasteiger charge is -2.06. The second kappa shape index (κ2) is 5.47. The molecule has 7 heteroatoms. The maximum Gasteiger partial charge on any atom is 0.262 e. The molecule has 7 N–H and O–H groups in total. The first-order valence-electron chi connectivity index (χ1n) is 3.29. The quantitative estimate of drug-likeness (QED) is 0.178. The Kier molecular flexibility index (Phi) is 4.93. The number of nitrogens with two attached hydrogens (primary N) is 2. The van der Waals surface area contributed by atoms with Gasteiger partial charge in [0.15, 0.2) is 0 Å². The predicted molar refractivity (Wildman–Crippen MR) is 39.9 cm³/mol. The highest BCUT2D eigenvalue weighted by molar-refractivity contribution is 5.81. The minimum Gasteiger partial charge on any atom is -0.383 e. The van der Waals surface area contributed by atoms with Crippen LogP contribution in [0.4, 0.5) is 0 Å². The molecule has 0 aliphatic carbocycles. The highest BCUT2D eigenvalue weighted by Crippen LogP contribution is 1.95. The van der Waals surface area contributed by atoms with Crippen LogP contribution in [0.5, 0.6) is 0 Å². The van der Waals surface area contributed by atoms with Crippen molar-refractivity contribution in [3.05, 3.63) is 0 Å². The van der Waals surface area contributed by atoms with Gasteiger partial charge in [0, 0.05) is 6.42 Å². The molecule has 0 aliphatic rings. The number of amides is 2. The summed E-state index contributed by atoms with van der Waals surface area (Å²) in [5.74, 6) is 8.32. The molecule has 0 saturated carbocycles. The maximum atomic E-state index is 10.6. The Balaban J connectivity index is 3.63. The molecular weight excluding hydrogens is 164 g/mol. The molecular formula is C5H12N4O3. The van der Waals surface area contributed by atoms with Gasteiger partial charge in [-0.3, -0.25) is 20.4 Å². The Bertz CT molecular complexity index is 172. The minimum absolute atomic E-state index is 0.00787. The number of carbonyl (C=O) groups excluding carboxylic acids is 2. The zero-order chi connectivity index (χ0) is 9.56. The molecule has 0 spiro atoms. The van der Waals surface area contributed by atoms with Crippen molar-refractivity contribution in [1.82, 2.24) is 10.9 Å². The number of nitrogens with one attached hydrogen (secondary N) is 2. The van der Waals surface area contributed by atoms with E-state index in [9.17, 15) is 9.59 Å². The Morgan fingerprint density at radius 2 is 1.92 bits per heavy atom. The van der Waals surface area contributed by atoms with Crippen molar-refractivity contribution in [3.63, 3.8) is 0 Å². The summed E-state index contributed by atoms with van der Waals surface area (Å²) in [6.07, 6.45) is -1.30. The van der Waals surface area contributed by atoms with Gasteiger partial charge in [-0.1, -0.05) is 0 Å². The molecule has 0 aliphatic heterocycles. The smallest absolute Gasteiger partial charge is 0.262 e. The third kappa shape index (κ3) is 3.86. The van der Waals surface area contributed by atoms with E-state index in [0.717, 1.165) is 0 Å². The zero-order valence-corrected chi connectivity index (χ0v) is 6.41. The second-order valence-corrected chi connectivity index (χ2v) is 2.13. The highest BCUT2D eigenvalue weighted by atomic mass is 16.3. The van der Waals surface area contributed by atoms with Crippen molar-refractivity contribution < 1.29 is 14.7 Å². The van der Waals surface area contributed by atoms with E-state index in [4.69, 9.17) is 16.8 Å². The molecule has 70 valence electrons. The van der Waals surface area contributed by atoms with Crippen LogP contribution in [0.3, 0.4) is 0 Å². The molecule has 2 amide bonds. The summed E-state index contributed by atoms with van der Waals surface area (Å²) in [7, 11) is 0. The van der Waals surface area contributed by atoms with Gasteiger partial charge < -0.3 is 5.11 Å². The molecule has 0 aromatic rings. The van der Waals surface area contributed by atoms with Gasteiger partial charge in [0.05, 0.1) is 0 Å². The van der Waals surface area contributed by atoms with Crippen LogP contribution in [0.1, 0.15) is 12.8 Å². The molecule has 0 radical (unpaired) electrons. The summed E-state index contributed by atoms with van der Waals surface area (Å²) in [6, 6.07) is 0.